The van der Waals surface area contributed by atoms with Gasteiger partial charge in [-0.1, -0.05) is 60.7 Å². The van der Waals surface area contributed by atoms with Gasteiger partial charge in [-0.2, -0.15) is 0 Å². The average Bonchev–Trinajstić information content (AvgIpc) is 2.56. The predicted octanol–water partition coefficient (Wildman–Crippen LogP) is 4.80. The van der Waals surface area contributed by atoms with Crippen molar-refractivity contribution in [3.05, 3.63) is 72.9 Å². The predicted molar refractivity (Wildman–Crippen MR) is 96.7 cm³/mol. The fourth-order valence-electron chi connectivity index (χ4n) is 2.44. The van der Waals surface area contributed by atoms with Crippen LogP contribution in [0.25, 0.3) is 22.4 Å². The maximum absolute atomic E-state index is 11.6. The van der Waals surface area contributed by atoms with Crippen molar-refractivity contribution in [2.45, 2.75) is 6.92 Å². The van der Waals surface area contributed by atoms with Crippen LogP contribution >= 0.6 is 12.4 Å². The van der Waals surface area contributed by atoms with Gasteiger partial charge >= 0.3 is 0 Å². The third-order valence-electron chi connectivity index (χ3n) is 3.38. The molecule has 0 aliphatic rings. The molecule has 0 fully saturated rings. The van der Waals surface area contributed by atoms with Crippen LogP contribution in [-0.4, -0.2) is 10.9 Å². The molecule has 0 radical (unpaired) electrons. The normalized spacial score (nSPS) is 9.78. The second kappa shape index (κ2) is 7.56. The van der Waals surface area contributed by atoms with Gasteiger partial charge in [0.15, 0.2) is 0 Å². The molecule has 0 saturated heterocycles. The summed E-state index contributed by atoms with van der Waals surface area (Å²) in [5.74, 6) is -0.109. The lowest BCUT2D eigenvalue weighted by Crippen LogP contribution is -2.09. The first kappa shape index (κ1) is 16.7. The molecular formula is C19H17ClN2O. The Morgan fingerprint density at radius 2 is 1.43 bits per heavy atom. The van der Waals surface area contributed by atoms with Crippen molar-refractivity contribution in [2.75, 3.05) is 5.32 Å². The number of amides is 1. The zero-order valence-corrected chi connectivity index (χ0v) is 13.5. The van der Waals surface area contributed by atoms with Crippen LogP contribution in [0, 0.1) is 0 Å². The molecule has 3 aromatic rings. The standard InChI is InChI=1S/C19H16N2O.ClH/c1-14(22)21-19-17(15-8-4-2-5-9-15)12-13-20-18(19)16-10-6-3-7-11-16;/h2-13H,1H3,(H,21,22);1H. The van der Waals surface area contributed by atoms with Gasteiger partial charge in [0.05, 0.1) is 11.4 Å². The smallest absolute Gasteiger partial charge is 0.221 e. The minimum absolute atomic E-state index is 0. The second-order valence-corrected chi connectivity index (χ2v) is 5.00. The Hall–Kier alpha value is -2.65. The maximum atomic E-state index is 11.6. The van der Waals surface area contributed by atoms with E-state index in [1.54, 1.807) is 6.20 Å². The van der Waals surface area contributed by atoms with Gasteiger partial charge in [0.25, 0.3) is 0 Å². The molecule has 0 spiro atoms. The minimum Gasteiger partial charge on any atom is -0.324 e. The van der Waals surface area contributed by atoms with Gasteiger partial charge in [-0.25, -0.2) is 0 Å². The molecule has 1 N–H and O–H groups in total. The van der Waals surface area contributed by atoms with Crippen molar-refractivity contribution in [1.29, 1.82) is 0 Å². The number of aromatic nitrogens is 1. The Balaban J connectivity index is 0.00000192. The number of hydrogen-bond acceptors (Lipinski definition) is 2. The van der Waals surface area contributed by atoms with Crippen LogP contribution in [0.1, 0.15) is 6.92 Å². The van der Waals surface area contributed by atoms with Crippen LogP contribution < -0.4 is 5.32 Å². The van der Waals surface area contributed by atoms with Crippen molar-refractivity contribution in [3.8, 4) is 22.4 Å². The Morgan fingerprint density at radius 1 is 0.870 bits per heavy atom. The van der Waals surface area contributed by atoms with E-state index in [4.69, 9.17) is 0 Å². The molecule has 0 aliphatic heterocycles. The van der Waals surface area contributed by atoms with Crippen LogP contribution in [0.15, 0.2) is 72.9 Å². The van der Waals surface area contributed by atoms with E-state index in [1.165, 1.54) is 6.92 Å². The molecule has 0 aliphatic carbocycles. The average molecular weight is 325 g/mol. The lowest BCUT2D eigenvalue weighted by Gasteiger charge is -2.14. The fourth-order valence-corrected chi connectivity index (χ4v) is 2.44. The highest BCUT2D eigenvalue weighted by Crippen LogP contribution is 2.35. The van der Waals surface area contributed by atoms with Gasteiger partial charge in [0.1, 0.15) is 0 Å². The Labute approximate surface area is 141 Å². The summed E-state index contributed by atoms with van der Waals surface area (Å²) >= 11 is 0. The SMILES string of the molecule is CC(=O)Nc1c(-c2ccccc2)ccnc1-c1ccccc1.Cl. The third kappa shape index (κ3) is 3.76. The molecule has 0 unspecified atom stereocenters. The number of anilines is 1. The number of hydrogen-bond donors (Lipinski definition) is 1. The number of carbonyl (C=O) groups excluding carboxylic acids is 1. The molecule has 23 heavy (non-hydrogen) atoms. The van der Waals surface area contributed by atoms with E-state index in [1.807, 2.05) is 66.7 Å². The first-order valence-electron chi connectivity index (χ1n) is 7.13. The quantitative estimate of drug-likeness (QED) is 0.752. The monoisotopic (exact) mass is 324 g/mol. The van der Waals surface area contributed by atoms with Crippen molar-refractivity contribution in [1.82, 2.24) is 4.98 Å². The third-order valence-corrected chi connectivity index (χ3v) is 3.38. The van der Waals surface area contributed by atoms with E-state index in [0.717, 1.165) is 28.1 Å². The number of carbonyl (C=O) groups is 1. The van der Waals surface area contributed by atoms with E-state index < -0.39 is 0 Å². The van der Waals surface area contributed by atoms with Gasteiger partial charge in [0, 0.05) is 24.2 Å². The highest BCUT2D eigenvalue weighted by molar-refractivity contribution is 5.99. The highest BCUT2D eigenvalue weighted by atomic mass is 35.5. The molecule has 1 aromatic heterocycles. The molecule has 4 heteroatoms. The van der Waals surface area contributed by atoms with Crippen LogP contribution in [-0.2, 0) is 4.79 Å². The molecule has 0 atom stereocenters. The first-order valence-corrected chi connectivity index (χ1v) is 7.13. The summed E-state index contributed by atoms with van der Waals surface area (Å²) in [5.41, 5.74) is 4.50. The lowest BCUT2D eigenvalue weighted by molar-refractivity contribution is -0.114. The summed E-state index contributed by atoms with van der Waals surface area (Å²) in [4.78, 5) is 16.1. The van der Waals surface area contributed by atoms with E-state index in [2.05, 4.69) is 10.3 Å². The van der Waals surface area contributed by atoms with Crippen molar-refractivity contribution in [2.24, 2.45) is 0 Å². The summed E-state index contributed by atoms with van der Waals surface area (Å²) in [6, 6.07) is 21.8. The topological polar surface area (TPSA) is 42.0 Å². The van der Waals surface area contributed by atoms with Crippen molar-refractivity contribution >= 4 is 24.0 Å². The lowest BCUT2D eigenvalue weighted by atomic mass is 10.0. The summed E-state index contributed by atoms with van der Waals surface area (Å²) in [6.07, 6.45) is 1.77. The highest BCUT2D eigenvalue weighted by Gasteiger charge is 2.14. The maximum Gasteiger partial charge on any atom is 0.221 e. The fraction of sp³-hybridized carbons (Fsp3) is 0.0526. The summed E-state index contributed by atoms with van der Waals surface area (Å²) in [6.45, 7) is 1.51. The van der Waals surface area contributed by atoms with E-state index >= 15 is 0 Å². The van der Waals surface area contributed by atoms with Gasteiger partial charge in [-0.15, -0.1) is 12.4 Å². The van der Waals surface area contributed by atoms with Crippen LogP contribution in [0.5, 0.6) is 0 Å². The van der Waals surface area contributed by atoms with E-state index in [9.17, 15) is 4.79 Å². The van der Waals surface area contributed by atoms with Gasteiger partial charge < -0.3 is 5.32 Å². The van der Waals surface area contributed by atoms with Crippen LogP contribution in [0.3, 0.4) is 0 Å². The number of nitrogens with one attached hydrogen (secondary N) is 1. The van der Waals surface area contributed by atoms with Crippen molar-refractivity contribution in [3.63, 3.8) is 0 Å². The van der Waals surface area contributed by atoms with Crippen molar-refractivity contribution < 1.29 is 4.79 Å². The largest absolute Gasteiger partial charge is 0.324 e. The first-order chi connectivity index (χ1) is 10.8. The number of halogens is 1. The molecule has 0 bridgehead atoms. The molecule has 3 nitrogen and oxygen atoms in total. The molecule has 116 valence electrons. The molecule has 3 rings (SSSR count). The molecule has 1 amide bonds. The summed E-state index contributed by atoms with van der Waals surface area (Å²) < 4.78 is 0. The Kier molecular flexibility index (Phi) is 5.50. The Bertz CT molecular complexity index is 731. The zero-order chi connectivity index (χ0) is 15.4. The van der Waals surface area contributed by atoms with E-state index in [0.29, 0.717) is 0 Å². The van der Waals surface area contributed by atoms with Gasteiger partial charge in [-0.3, -0.25) is 9.78 Å². The Morgan fingerprint density at radius 3 is 2.00 bits per heavy atom. The summed E-state index contributed by atoms with van der Waals surface area (Å²) in [7, 11) is 0. The van der Waals surface area contributed by atoms with Crippen LogP contribution in [0.2, 0.25) is 0 Å². The molecule has 2 aromatic carbocycles. The second-order valence-electron chi connectivity index (χ2n) is 5.00. The molecule has 1 heterocycles. The number of pyridine rings is 1. The van der Waals surface area contributed by atoms with Gasteiger partial charge in [-0.05, 0) is 11.6 Å². The molecule has 0 saturated carbocycles. The number of nitrogens with zero attached hydrogens (tertiary/aromatic N) is 1. The molecular weight excluding hydrogens is 308 g/mol. The number of benzene rings is 2. The van der Waals surface area contributed by atoms with Crippen LogP contribution in [0.4, 0.5) is 5.69 Å². The minimum atomic E-state index is -0.109. The number of rotatable bonds is 3. The van der Waals surface area contributed by atoms with Gasteiger partial charge in [0.2, 0.25) is 5.91 Å². The summed E-state index contributed by atoms with van der Waals surface area (Å²) in [5, 5.41) is 2.94. The van der Waals surface area contributed by atoms with E-state index in [-0.39, 0.29) is 18.3 Å². The zero-order valence-electron chi connectivity index (χ0n) is 12.7.